The van der Waals surface area contributed by atoms with Gasteiger partial charge in [-0.05, 0) is 77.9 Å². The van der Waals surface area contributed by atoms with Gasteiger partial charge in [-0.3, -0.25) is 0 Å². The Morgan fingerprint density at radius 3 is 1.42 bits per heavy atom. The Labute approximate surface area is 267 Å². The molecule has 0 aliphatic heterocycles. The molecule has 8 aromatic rings. The van der Waals surface area contributed by atoms with E-state index < -0.39 is 0 Å². The van der Waals surface area contributed by atoms with Gasteiger partial charge in [0.15, 0.2) is 0 Å². The molecule has 0 amide bonds. The summed E-state index contributed by atoms with van der Waals surface area (Å²) in [5.41, 5.74) is 9.29. The number of hydrogen-bond donors (Lipinski definition) is 0. The molecule has 3 heteroatoms. The van der Waals surface area contributed by atoms with Crippen molar-refractivity contribution < 1.29 is 0 Å². The molecule has 0 atom stereocenters. The Balaban J connectivity index is 1.26. The molecule has 1 aromatic heterocycles. The molecule has 45 heavy (non-hydrogen) atoms. The average molecular weight is 595 g/mol. The van der Waals surface area contributed by atoms with Crippen LogP contribution in [0.5, 0.6) is 0 Å². The van der Waals surface area contributed by atoms with Crippen LogP contribution in [0.3, 0.4) is 0 Å². The van der Waals surface area contributed by atoms with Crippen LogP contribution in [0.2, 0.25) is 0 Å². The van der Waals surface area contributed by atoms with Gasteiger partial charge in [-0.15, -0.1) is 11.3 Å². The number of para-hydroxylation sites is 3. The fraction of sp³-hybridized carbons (Fsp3) is 0. The van der Waals surface area contributed by atoms with Gasteiger partial charge in [0.25, 0.3) is 0 Å². The van der Waals surface area contributed by atoms with Crippen molar-refractivity contribution in [2.24, 2.45) is 0 Å². The van der Waals surface area contributed by atoms with E-state index in [1.165, 1.54) is 37.0 Å². The second-order valence-electron chi connectivity index (χ2n) is 11.0. The molecule has 0 aliphatic carbocycles. The minimum Gasteiger partial charge on any atom is -0.310 e. The van der Waals surface area contributed by atoms with Gasteiger partial charge < -0.3 is 9.80 Å². The minimum atomic E-state index is 1.13. The number of thiophene rings is 1. The van der Waals surface area contributed by atoms with Crippen molar-refractivity contribution in [2.45, 2.75) is 0 Å². The molecule has 0 spiro atoms. The molecule has 0 saturated carbocycles. The van der Waals surface area contributed by atoms with Gasteiger partial charge >= 0.3 is 0 Å². The highest BCUT2D eigenvalue weighted by atomic mass is 32.1. The van der Waals surface area contributed by atoms with Crippen LogP contribution in [0.25, 0.3) is 31.3 Å². The first-order valence-corrected chi connectivity index (χ1v) is 16.0. The van der Waals surface area contributed by atoms with Crippen molar-refractivity contribution >= 4 is 65.6 Å². The number of hydrogen-bond acceptors (Lipinski definition) is 3. The largest absolute Gasteiger partial charge is 0.310 e. The summed E-state index contributed by atoms with van der Waals surface area (Å²) in [6, 6.07) is 64.9. The van der Waals surface area contributed by atoms with E-state index in [9.17, 15) is 0 Å². The zero-order valence-electron chi connectivity index (χ0n) is 24.6. The van der Waals surface area contributed by atoms with Crippen LogP contribution < -0.4 is 9.80 Å². The maximum absolute atomic E-state index is 2.36. The molecule has 2 nitrogen and oxygen atoms in total. The molecule has 0 fully saturated rings. The first kappa shape index (κ1) is 26.9. The number of fused-ring (bicyclic) bond motifs is 3. The molecule has 0 bridgehead atoms. The Hall–Kier alpha value is -5.64. The zero-order valence-corrected chi connectivity index (χ0v) is 25.4. The molecule has 7 aromatic carbocycles. The third kappa shape index (κ3) is 5.14. The maximum Gasteiger partial charge on any atom is 0.0640 e. The van der Waals surface area contributed by atoms with Crippen LogP contribution in [0.15, 0.2) is 182 Å². The number of rotatable bonds is 7. The van der Waals surface area contributed by atoms with Crippen molar-refractivity contribution in [3.63, 3.8) is 0 Å². The van der Waals surface area contributed by atoms with Crippen molar-refractivity contribution in [3.8, 4) is 11.1 Å². The van der Waals surface area contributed by atoms with E-state index >= 15 is 0 Å². The predicted molar refractivity (Wildman–Crippen MR) is 194 cm³/mol. The summed E-state index contributed by atoms with van der Waals surface area (Å²) in [5.74, 6) is 0. The lowest BCUT2D eigenvalue weighted by Gasteiger charge is -2.25. The molecular weight excluding hydrogens is 565 g/mol. The van der Waals surface area contributed by atoms with Gasteiger partial charge in [0.2, 0.25) is 0 Å². The maximum atomic E-state index is 2.36. The molecule has 0 aliphatic rings. The van der Waals surface area contributed by atoms with Crippen LogP contribution in [0.4, 0.5) is 34.1 Å². The highest BCUT2D eigenvalue weighted by Crippen LogP contribution is 2.46. The lowest BCUT2D eigenvalue weighted by Crippen LogP contribution is -2.09. The van der Waals surface area contributed by atoms with E-state index in [1.54, 1.807) is 0 Å². The monoisotopic (exact) mass is 594 g/mol. The minimum absolute atomic E-state index is 1.13. The second-order valence-corrected chi connectivity index (χ2v) is 12.1. The fourth-order valence-electron chi connectivity index (χ4n) is 6.13. The van der Waals surface area contributed by atoms with Crippen LogP contribution in [-0.2, 0) is 0 Å². The number of anilines is 6. The zero-order chi connectivity index (χ0) is 30.0. The van der Waals surface area contributed by atoms with Gasteiger partial charge in [-0.2, -0.15) is 0 Å². The summed E-state index contributed by atoms with van der Waals surface area (Å²) in [6.45, 7) is 0. The number of benzene rings is 7. The summed E-state index contributed by atoms with van der Waals surface area (Å²) in [7, 11) is 0. The predicted octanol–water partition coefficient (Wildman–Crippen LogP) is 12.7. The van der Waals surface area contributed by atoms with Gasteiger partial charge in [-0.25, -0.2) is 0 Å². The average Bonchev–Trinajstić information content (AvgIpc) is 3.49. The Kier molecular flexibility index (Phi) is 7.07. The van der Waals surface area contributed by atoms with E-state index in [-0.39, 0.29) is 0 Å². The van der Waals surface area contributed by atoms with Gasteiger partial charge in [0.05, 0.1) is 10.4 Å². The highest BCUT2D eigenvalue weighted by molar-refractivity contribution is 7.26. The summed E-state index contributed by atoms with van der Waals surface area (Å²) in [4.78, 5) is 4.71. The normalized spacial score (nSPS) is 11.1. The van der Waals surface area contributed by atoms with Crippen molar-refractivity contribution in [2.75, 3.05) is 9.80 Å². The van der Waals surface area contributed by atoms with E-state index in [1.807, 2.05) is 11.3 Å². The van der Waals surface area contributed by atoms with Crippen LogP contribution in [-0.4, -0.2) is 0 Å². The Bertz CT molecular complexity index is 2150. The molecule has 0 saturated heterocycles. The third-order valence-corrected chi connectivity index (χ3v) is 9.43. The first-order valence-electron chi connectivity index (χ1n) is 15.2. The van der Waals surface area contributed by atoms with E-state index in [0.717, 1.165) is 28.4 Å². The summed E-state index contributed by atoms with van der Waals surface area (Å²) in [6.07, 6.45) is 0. The van der Waals surface area contributed by atoms with Gasteiger partial charge in [0.1, 0.15) is 0 Å². The summed E-state index contributed by atoms with van der Waals surface area (Å²) in [5, 5.41) is 2.54. The van der Waals surface area contributed by atoms with Gasteiger partial charge in [-0.1, -0.05) is 115 Å². The Morgan fingerprint density at radius 2 is 0.822 bits per heavy atom. The first-order chi connectivity index (χ1) is 22.3. The fourth-order valence-corrected chi connectivity index (χ4v) is 7.37. The van der Waals surface area contributed by atoms with E-state index in [2.05, 4.69) is 192 Å². The number of nitrogens with zero attached hydrogens (tertiary/aromatic N) is 2. The van der Waals surface area contributed by atoms with Crippen LogP contribution >= 0.6 is 11.3 Å². The van der Waals surface area contributed by atoms with Crippen LogP contribution in [0, 0.1) is 0 Å². The molecule has 0 radical (unpaired) electrons. The molecular formula is C42H30N2S. The van der Waals surface area contributed by atoms with E-state index in [0.29, 0.717) is 0 Å². The molecule has 0 unspecified atom stereocenters. The van der Waals surface area contributed by atoms with E-state index in [4.69, 9.17) is 0 Å². The smallest absolute Gasteiger partial charge is 0.0640 e. The second kappa shape index (κ2) is 11.8. The topological polar surface area (TPSA) is 6.48 Å². The summed E-state index contributed by atoms with van der Waals surface area (Å²) < 4.78 is 2.54. The van der Waals surface area contributed by atoms with Crippen molar-refractivity contribution in [1.29, 1.82) is 0 Å². The molecule has 8 rings (SSSR count). The van der Waals surface area contributed by atoms with Crippen molar-refractivity contribution in [1.82, 2.24) is 0 Å². The third-order valence-electron chi connectivity index (χ3n) is 8.24. The van der Waals surface area contributed by atoms with Crippen LogP contribution in [0.1, 0.15) is 0 Å². The van der Waals surface area contributed by atoms with Gasteiger partial charge in [0, 0.05) is 43.9 Å². The molecule has 1 heterocycles. The highest BCUT2D eigenvalue weighted by Gasteiger charge is 2.19. The lowest BCUT2D eigenvalue weighted by atomic mass is 10.0. The quantitative estimate of drug-likeness (QED) is 0.181. The van der Waals surface area contributed by atoms with Crippen molar-refractivity contribution in [3.05, 3.63) is 182 Å². The Morgan fingerprint density at radius 1 is 0.333 bits per heavy atom. The summed E-state index contributed by atoms with van der Waals surface area (Å²) >= 11 is 1.86. The SMILES string of the molecule is c1ccc(-c2ccc(N(c3ccccc3)c3ccc4c(c3)sc3c(N(c5ccccc5)c5ccccc5)cccc34)cc2)cc1. The molecule has 0 N–H and O–H groups in total. The molecule has 214 valence electrons. The standard InChI is InChI=1S/C42H30N2S/c1-5-14-31(15-6-1)32-24-26-36(27-25-32)43(33-16-7-2-8-17-33)37-28-29-38-39-22-13-23-40(42(39)45-41(38)30-37)44(34-18-9-3-10-19-34)35-20-11-4-12-21-35/h1-30H. The lowest BCUT2D eigenvalue weighted by molar-refractivity contribution is 1.29.